The SMILES string of the molecule is CCOc1ccccc1N=C1S[C@H](CC(=O)Nc2cc([N+](=O)[O-])ccc2Cl)C(=O)N1C1CCCC1. The summed E-state index contributed by atoms with van der Waals surface area (Å²) in [4.78, 5) is 43.2. The number of nitro groups is 1. The summed E-state index contributed by atoms with van der Waals surface area (Å²) in [6, 6.07) is 11.3. The van der Waals surface area contributed by atoms with E-state index in [1.54, 1.807) is 4.90 Å². The highest BCUT2D eigenvalue weighted by atomic mass is 35.5. The fraction of sp³-hybridized carbons (Fsp3) is 0.375. The first-order valence-electron chi connectivity index (χ1n) is 11.4. The summed E-state index contributed by atoms with van der Waals surface area (Å²) in [5, 5.41) is 13.7. The van der Waals surface area contributed by atoms with Gasteiger partial charge < -0.3 is 10.1 Å². The normalized spacial score (nSPS) is 19.4. The number of carbonyl (C=O) groups is 2. The number of benzene rings is 2. The quantitative estimate of drug-likeness (QED) is 0.363. The number of hydrogen-bond acceptors (Lipinski definition) is 7. The van der Waals surface area contributed by atoms with Crippen molar-refractivity contribution in [3.05, 3.63) is 57.6 Å². The molecule has 1 atom stereocenters. The number of nitro benzene ring substituents is 1. The van der Waals surface area contributed by atoms with Gasteiger partial charge in [0.05, 0.1) is 22.2 Å². The minimum absolute atomic E-state index is 0.0484. The Morgan fingerprint density at radius 2 is 2.03 bits per heavy atom. The molecule has 2 aromatic carbocycles. The number of carbonyl (C=O) groups excluding carboxylic acids is 2. The number of nitrogens with zero attached hydrogens (tertiary/aromatic N) is 3. The summed E-state index contributed by atoms with van der Waals surface area (Å²) in [6.45, 7) is 2.38. The van der Waals surface area contributed by atoms with E-state index in [2.05, 4.69) is 5.32 Å². The van der Waals surface area contributed by atoms with Gasteiger partial charge in [-0.05, 0) is 38.0 Å². The largest absolute Gasteiger partial charge is 0.492 e. The first kappa shape index (κ1) is 25.0. The number of para-hydroxylation sites is 2. The predicted octanol–water partition coefficient (Wildman–Crippen LogP) is 5.55. The van der Waals surface area contributed by atoms with E-state index >= 15 is 0 Å². The number of nitrogens with one attached hydrogen (secondary N) is 1. The number of amidine groups is 1. The van der Waals surface area contributed by atoms with E-state index in [1.165, 1.54) is 30.0 Å². The fourth-order valence-electron chi connectivity index (χ4n) is 4.21. The molecule has 4 rings (SSSR count). The number of rotatable bonds is 8. The molecular formula is C24H25ClN4O5S. The molecule has 2 amide bonds. The van der Waals surface area contributed by atoms with Gasteiger partial charge in [0.15, 0.2) is 5.17 Å². The Kier molecular flexibility index (Phi) is 7.92. The van der Waals surface area contributed by atoms with Gasteiger partial charge in [-0.1, -0.05) is 48.3 Å². The van der Waals surface area contributed by atoms with Crippen molar-refractivity contribution in [3.8, 4) is 5.75 Å². The Bertz CT molecular complexity index is 1170. The molecule has 2 fully saturated rings. The van der Waals surface area contributed by atoms with Crippen LogP contribution in [0.3, 0.4) is 0 Å². The third-order valence-corrected chi connectivity index (χ3v) is 7.32. The maximum atomic E-state index is 13.4. The number of non-ortho nitro benzene ring substituents is 1. The van der Waals surface area contributed by atoms with Gasteiger partial charge >= 0.3 is 0 Å². The molecule has 2 aliphatic rings. The van der Waals surface area contributed by atoms with Crippen LogP contribution in [0, 0.1) is 10.1 Å². The maximum Gasteiger partial charge on any atom is 0.271 e. The third kappa shape index (κ3) is 5.76. The van der Waals surface area contributed by atoms with Gasteiger partial charge in [-0.25, -0.2) is 4.99 Å². The first-order chi connectivity index (χ1) is 16.9. The van der Waals surface area contributed by atoms with Gasteiger partial charge in [0.25, 0.3) is 5.69 Å². The van der Waals surface area contributed by atoms with Crippen molar-refractivity contribution in [2.75, 3.05) is 11.9 Å². The van der Waals surface area contributed by atoms with Crippen LogP contribution in [-0.2, 0) is 9.59 Å². The smallest absolute Gasteiger partial charge is 0.271 e. The zero-order valence-electron chi connectivity index (χ0n) is 19.1. The molecular weight excluding hydrogens is 492 g/mol. The highest BCUT2D eigenvalue weighted by molar-refractivity contribution is 8.15. The molecule has 1 saturated heterocycles. The summed E-state index contributed by atoms with van der Waals surface area (Å²) in [5.74, 6) is 0.0128. The number of anilines is 1. The molecule has 184 valence electrons. The zero-order chi connectivity index (χ0) is 24.9. The summed E-state index contributed by atoms with van der Waals surface area (Å²) >= 11 is 7.36. The molecule has 1 aliphatic carbocycles. The molecule has 0 aromatic heterocycles. The molecule has 1 N–H and O–H groups in total. The molecule has 11 heteroatoms. The Morgan fingerprint density at radius 3 is 2.74 bits per heavy atom. The number of thioether (sulfide) groups is 1. The lowest BCUT2D eigenvalue weighted by Crippen LogP contribution is -2.40. The van der Waals surface area contributed by atoms with Crippen LogP contribution in [0.1, 0.15) is 39.0 Å². The highest BCUT2D eigenvalue weighted by Gasteiger charge is 2.43. The van der Waals surface area contributed by atoms with Crippen molar-refractivity contribution in [3.63, 3.8) is 0 Å². The number of aliphatic imine (C=N–C) groups is 1. The van der Waals surface area contributed by atoms with Crippen LogP contribution in [0.15, 0.2) is 47.5 Å². The Balaban J connectivity index is 1.55. The van der Waals surface area contributed by atoms with Crippen LogP contribution >= 0.6 is 23.4 Å². The summed E-state index contributed by atoms with van der Waals surface area (Å²) in [6.07, 6.45) is 3.75. The molecule has 0 radical (unpaired) electrons. The standard InChI is InChI=1S/C24H25ClN4O5S/c1-2-34-20-10-6-5-9-18(20)27-24-28(15-7-3-4-8-15)23(31)21(35-24)14-22(30)26-19-13-16(29(32)33)11-12-17(19)25/h5-6,9-13,15,21H,2-4,7-8,14H2,1H3,(H,26,30)/t21-/m1/s1. The van der Waals surface area contributed by atoms with E-state index in [0.29, 0.717) is 23.2 Å². The molecule has 0 spiro atoms. The van der Waals surface area contributed by atoms with E-state index in [9.17, 15) is 19.7 Å². The topological polar surface area (TPSA) is 114 Å². The van der Waals surface area contributed by atoms with Gasteiger partial charge in [-0.3, -0.25) is 24.6 Å². The van der Waals surface area contributed by atoms with Crippen LogP contribution in [-0.4, -0.2) is 44.7 Å². The van der Waals surface area contributed by atoms with Gasteiger partial charge in [0.1, 0.15) is 16.7 Å². The molecule has 0 bridgehead atoms. The van der Waals surface area contributed by atoms with Crippen LogP contribution in [0.5, 0.6) is 5.75 Å². The summed E-state index contributed by atoms with van der Waals surface area (Å²) < 4.78 is 5.69. The molecule has 0 unspecified atom stereocenters. The fourth-order valence-corrected chi connectivity index (χ4v) is 5.59. The number of ether oxygens (including phenoxy) is 1. The predicted molar refractivity (Wildman–Crippen MR) is 137 cm³/mol. The van der Waals surface area contributed by atoms with Crippen LogP contribution < -0.4 is 10.1 Å². The van der Waals surface area contributed by atoms with E-state index in [-0.39, 0.29) is 34.8 Å². The Morgan fingerprint density at radius 1 is 1.29 bits per heavy atom. The Labute approximate surface area is 212 Å². The van der Waals surface area contributed by atoms with Crippen LogP contribution in [0.2, 0.25) is 5.02 Å². The van der Waals surface area contributed by atoms with Gasteiger partial charge in [0, 0.05) is 24.6 Å². The molecule has 1 heterocycles. The third-order valence-electron chi connectivity index (χ3n) is 5.84. The molecule has 9 nitrogen and oxygen atoms in total. The van der Waals surface area contributed by atoms with Crippen LogP contribution in [0.25, 0.3) is 0 Å². The number of halogens is 1. The molecule has 1 aliphatic heterocycles. The second-order valence-corrected chi connectivity index (χ2v) is 9.80. The molecule has 35 heavy (non-hydrogen) atoms. The van der Waals surface area contributed by atoms with Gasteiger partial charge in [-0.15, -0.1) is 0 Å². The van der Waals surface area contributed by atoms with Gasteiger partial charge in [-0.2, -0.15) is 0 Å². The summed E-state index contributed by atoms with van der Waals surface area (Å²) in [5.41, 5.74) is 0.570. The minimum atomic E-state index is -0.661. The van der Waals surface area contributed by atoms with Crippen LogP contribution in [0.4, 0.5) is 17.1 Å². The lowest BCUT2D eigenvalue weighted by Gasteiger charge is -2.23. The van der Waals surface area contributed by atoms with Crippen molar-refractivity contribution in [2.45, 2.75) is 50.3 Å². The van der Waals surface area contributed by atoms with E-state index in [0.717, 1.165) is 25.7 Å². The van der Waals surface area contributed by atoms with Crippen molar-refractivity contribution in [2.24, 2.45) is 4.99 Å². The number of hydrogen-bond donors (Lipinski definition) is 1. The lowest BCUT2D eigenvalue weighted by atomic mass is 10.2. The monoisotopic (exact) mass is 516 g/mol. The lowest BCUT2D eigenvalue weighted by molar-refractivity contribution is -0.384. The first-order valence-corrected chi connectivity index (χ1v) is 12.7. The second-order valence-electron chi connectivity index (χ2n) is 8.22. The van der Waals surface area contributed by atoms with E-state index in [1.807, 2.05) is 31.2 Å². The average molecular weight is 517 g/mol. The van der Waals surface area contributed by atoms with E-state index in [4.69, 9.17) is 21.3 Å². The highest BCUT2D eigenvalue weighted by Crippen LogP contribution is 2.39. The van der Waals surface area contributed by atoms with Crippen molar-refractivity contribution in [1.82, 2.24) is 4.90 Å². The van der Waals surface area contributed by atoms with Crippen molar-refractivity contribution in [1.29, 1.82) is 0 Å². The Hall–Kier alpha value is -3.11. The molecule has 2 aromatic rings. The average Bonchev–Trinajstić information content (AvgIpc) is 3.45. The van der Waals surface area contributed by atoms with E-state index < -0.39 is 16.1 Å². The maximum absolute atomic E-state index is 13.4. The number of amides is 2. The summed E-state index contributed by atoms with van der Waals surface area (Å²) in [7, 11) is 0. The second kappa shape index (κ2) is 11.1. The zero-order valence-corrected chi connectivity index (χ0v) is 20.7. The van der Waals surface area contributed by atoms with Crippen molar-refractivity contribution >= 4 is 57.4 Å². The van der Waals surface area contributed by atoms with Crippen molar-refractivity contribution < 1.29 is 19.2 Å². The molecule has 1 saturated carbocycles. The van der Waals surface area contributed by atoms with Gasteiger partial charge in [0.2, 0.25) is 11.8 Å². The minimum Gasteiger partial charge on any atom is -0.492 e.